The summed E-state index contributed by atoms with van der Waals surface area (Å²) >= 11 is 1.41. The number of ketones is 1. The van der Waals surface area contributed by atoms with Gasteiger partial charge in [0.1, 0.15) is 24.9 Å². The Balaban J connectivity index is 2.00. The first-order chi connectivity index (χ1) is 11.2. The van der Waals surface area contributed by atoms with Crippen LogP contribution in [0.15, 0.2) is 34.5 Å². The monoisotopic (exact) mass is 327 g/mol. The maximum atomic E-state index is 12.3. The molecule has 2 aromatic rings. The summed E-state index contributed by atoms with van der Waals surface area (Å²) in [6.45, 7) is 0.904. The van der Waals surface area contributed by atoms with E-state index in [1.165, 1.54) is 24.5 Å². The molecule has 6 heteroatoms. The van der Waals surface area contributed by atoms with E-state index in [0.29, 0.717) is 41.6 Å². The molecule has 0 bridgehead atoms. The number of rotatable bonds is 4. The van der Waals surface area contributed by atoms with Crippen molar-refractivity contribution < 1.29 is 19.0 Å². The van der Waals surface area contributed by atoms with Crippen molar-refractivity contribution in [3.8, 4) is 23.3 Å². The standard InChI is InChI=1S/C17H13NO4S/c1-20-14-7-11(8-15-17(14)22-4-3-21-15)6-13(9-18)16(19)12-2-5-23-10-12/h2,5-8,10H,3-4H2,1H3/b13-6-. The summed E-state index contributed by atoms with van der Waals surface area (Å²) in [6, 6.07) is 7.10. The largest absolute Gasteiger partial charge is 0.493 e. The fourth-order valence-electron chi connectivity index (χ4n) is 2.24. The maximum absolute atomic E-state index is 12.3. The Hall–Kier alpha value is -2.78. The van der Waals surface area contributed by atoms with Gasteiger partial charge in [-0.1, -0.05) is 0 Å². The van der Waals surface area contributed by atoms with Gasteiger partial charge in [0.15, 0.2) is 11.5 Å². The lowest BCUT2D eigenvalue weighted by atomic mass is 10.0. The number of hydrogen-bond donors (Lipinski definition) is 0. The molecule has 0 radical (unpaired) electrons. The van der Waals surface area contributed by atoms with E-state index >= 15 is 0 Å². The number of thiophene rings is 1. The van der Waals surface area contributed by atoms with Crippen LogP contribution in [0.3, 0.4) is 0 Å². The first-order valence-electron chi connectivity index (χ1n) is 6.89. The molecule has 0 N–H and O–H groups in total. The average Bonchev–Trinajstić information content (AvgIpc) is 3.12. The molecule has 0 unspecified atom stereocenters. The van der Waals surface area contributed by atoms with Crippen LogP contribution in [0.4, 0.5) is 0 Å². The number of allylic oxidation sites excluding steroid dienone is 1. The van der Waals surface area contributed by atoms with Gasteiger partial charge >= 0.3 is 0 Å². The molecule has 5 nitrogen and oxygen atoms in total. The molecular weight excluding hydrogens is 314 g/mol. The van der Waals surface area contributed by atoms with E-state index in [0.717, 1.165) is 0 Å². The van der Waals surface area contributed by atoms with Gasteiger partial charge in [-0.05, 0) is 35.2 Å². The Kier molecular flexibility index (Phi) is 4.31. The van der Waals surface area contributed by atoms with Crippen molar-refractivity contribution >= 4 is 23.2 Å². The average molecular weight is 327 g/mol. The molecule has 0 atom stereocenters. The molecule has 0 saturated heterocycles. The molecule has 2 heterocycles. The zero-order valence-corrected chi connectivity index (χ0v) is 13.2. The van der Waals surface area contributed by atoms with Gasteiger partial charge in [-0.25, -0.2) is 0 Å². The number of methoxy groups -OCH3 is 1. The van der Waals surface area contributed by atoms with Crippen LogP contribution in [0.2, 0.25) is 0 Å². The van der Waals surface area contributed by atoms with Gasteiger partial charge in [0.05, 0.1) is 7.11 Å². The second-order valence-corrected chi connectivity index (χ2v) is 5.54. The van der Waals surface area contributed by atoms with E-state index in [4.69, 9.17) is 14.2 Å². The third-order valence-electron chi connectivity index (χ3n) is 3.31. The number of nitriles is 1. The SMILES string of the molecule is COc1cc(/C=C(/C#N)C(=O)c2ccsc2)cc2c1OCCO2. The number of hydrogen-bond acceptors (Lipinski definition) is 6. The minimum atomic E-state index is -0.303. The lowest BCUT2D eigenvalue weighted by molar-refractivity contribution is 0.104. The van der Waals surface area contributed by atoms with E-state index in [1.54, 1.807) is 29.0 Å². The van der Waals surface area contributed by atoms with Gasteiger partial charge in [-0.3, -0.25) is 4.79 Å². The Labute approximate surface area is 137 Å². The zero-order valence-electron chi connectivity index (χ0n) is 12.4. The zero-order chi connectivity index (χ0) is 16.2. The number of carbonyl (C=O) groups excluding carboxylic acids is 1. The predicted octanol–water partition coefficient (Wildman–Crippen LogP) is 3.32. The normalized spacial score (nSPS) is 13.3. The van der Waals surface area contributed by atoms with Gasteiger partial charge in [0.2, 0.25) is 11.5 Å². The van der Waals surface area contributed by atoms with Crippen molar-refractivity contribution in [2.45, 2.75) is 0 Å². The lowest BCUT2D eigenvalue weighted by Gasteiger charge is -2.21. The van der Waals surface area contributed by atoms with Crippen LogP contribution in [0.1, 0.15) is 15.9 Å². The van der Waals surface area contributed by atoms with E-state index in [-0.39, 0.29) is 11.4 Å². The summed E-state index contributed by atoms with van der Waals surface area (Å²) in [4.78, 5) is 12.3. The van der Waals surface area contributed by atoms with E-state index in [9.17, 15) is 10.1 Å². The molecule has 1 aromatic heterocycles. The third-order valence-corrected chi connectivity index (χ3v) is 3.99. The van der Waals surface area contributed by atoms with Crippen LogP contribution >= 0.6 is 11.3 Å². The molecule has 3 rings (SSSR count). The van der Waals surface area contributed by atoms with Crippen molar-refractivity contribution in [1.82, 2.24) is 0 Å². The molecular formula is C17H13NO4S. The highest BCUT2D eigenvalue weighted by atomic mass is 32.1. The molecule has 0 aliphatic carbocycles. The van der Waals surface area contributed by atoms with Crippen molar-refractivity contribution in [3.63, 3.8) is 0 Å². The Morgan fingerprint density at radius 1 is 1.39 bits per heavy atom. The maximum Gasteiger partial charge on any atom is 0.204 e. The summed E-state index contributed by atoms with van der Waals surface area (Å²) in [6.07, 6.45) is 1.53. The van der Waals surface area contributed by atoms with Crippen LogP contribution in [0.5, 0.6) is 17.2 Å². The fourth-order valence-corrected chi connectivity index (χ4v) is 2.88. The minimum Gasteiger partial charge on any atom is -0.493 e. The fraction of sp³-hybridized carbons (Fsp3) is 0.176. The summed E-state index contributed by atoms with van der Waals surface area (Å²) in [5.41, 5.74) is 1.21. The summed E-state index contributed by atoms with van der Waals surface area (Å²) < 4.78 is 16.4. The highest BCUT2D eigenvalue weighted by Crippen LogP contribution is 2.40. The highest BCUT2D eigenvalue weighted by molar-refractivity contribution is 7.08. The predicted molar refractivity (Wildman–Crippen MR) is 86.2 cm³/mol. The molecule has 1 aromatic carbocycles. The number of fused-ring (bicyclic) bond motifs is 1. The van der Waals surface area contributed by atoms with Gasteiger partial charge in [0, 0.05) is 10.9 Å². The third kappa shape index (κ3) is 3.05. The molecule has 0 saturated carbocycles. The number of Topliss-reactive ketones (excluding diaryl/α,β-unsaturated/α-hetero) is 1. The number of carbonyl (C=O) groups is 1. The van der Waals surface area contributed by atoms with E-state index < -0.39 is 0 Å². The molecule has 1 aliphatic heterocycles. The van der Waals surface area contributed by atoms with E-state index in [1.807, 2.05) is 6.07 Å². The van der Waals surface area contributed by atoms with Crippen molar-refractivity contribution in [2.24, 2.45) is 0 Å². The first-order valence-corrected chi connectivity index (χ1v) is 7.83. The van der Waals surface area contributed by atoms with Gasteiger partial charge in [-0.15, -0.1) is 0 Å². The minimum absolute atomic E-state index is 0.0575. The summed E-state index contributed by atoms with van der Waals surface area (Å²) in [7, 11) is 1.53. The van der Waals surface area contributed by atoms with Gasteiger partial charge in [-0.2, -0.15) is 16.6 Å². The number of nitrogens with zero attached hydrogens (tertiary/aromatic N) is 1. The first kappa shape index (κ1) is 15.1. The van der Waals surface area contributed by atoms with Crippen molar-refractivity contribution in [2.75, 3.05) is 20.3 Å². The molecule has 1 aliphatic rings. The Morgan fingerprint density at radius 3 is 2.91 bits per heavy atom. The van der Waals surface area contributed by atoms with E-state index in [2.05, 4.69) is 0 Å². The quantitative estimate of drug-likeness (QED) is 0.489. The van der Waals surface area contributed by atoms with Crippen LogP contribution in [0, 0.1) is 11.3 Å². The van der Waals surface area contributed by atoms with Crippen LogP contribution in [0.25, 0.3) is 6.08 Å². The van der Waals surface area contributed by atoms with Crippen LogP contribution < -0.4 is 14.2 Å². The Bertz CT molecular complexity index is 785. The van der Waals surface area contributed by atoms with Gasteiger partial charge < -0.3 is 14.2 Å². The molecule has 0 spiro atoms. The number of benzene rings is 1. The van der Waals surface area contributed by atoms with Crippen LogP contribution in [-0.2, 0) is 0 Å². The summed E-state index contributed by atoms with van der Waals surface area (Å²) in [5, 5.41) is 12.8. The number of ether oxygens (including phenoxy) is 3. The Morgan fingerprint density at radius 2 is 2.22 bits per heavy atom. The molecule has 116 valence electrons. The highest BCUT2D eigenvalue weighted by Gasteiger charge is 2.19. The summed E-state index contributed by atoms with van der Waals surface area (Å²) in [5.74, 6) is 1.29. The molecule has 0 amide bonds. The van der Waals surface area contributed by atoms with Crippen molar-refractivity contribution in [3.05, 3.63) is 45.7 Å². The van der Waals surface area contributed by atoms with Crippen LogP contribution in [-0.4, -0.2) is 26.1 Å². The van der Waals surface area contributed by atoms with Crippen molar-refractivity contribution in [1.29, 1.82) is 5.26 Å². The lowest BCUT2D eigenvalue weighted by Crippen LogP contribution is -2.16. The topological polar surface area (TPSA) is 68.5 Å². The molecule has 23 heavy (non-hydrogen) atoms. The second-order valence-electron chi connectivity index (χ2n) is 4.76. The second kappa shape index (κ2) is 6.55. The smallest absolute Gasteiger partial charge is 0.204 e. The van der Waals surface area contributed by atoms with Gasteiger partial charge in [0.25, 0.3) is 0 Å². The molecule has 0 fully saturated rings.